The quantitative estimate of drug-likeness (QED) is 0.485. The third kappa shape index (κ3) is 4.28. The number of hydrogen-bond acceptors (Lipinski definition) is 5. The van der Waals surface area contributed by atoms with E-state index < -0.39 is 11.9 Å². The summed E-state index contributed by atoms with van der Waals surface area (Å²) in [4.78, 5) is 56.6. The van der Waals surface area contributed by atoms with Gasteiger partial charge in [0.05, 0.1) is 5.69 Å². The molecule has 210 valence electrons. The maximum atomic E-state index is 13.4. The van der Waals surface area contributed by atoms with Gasteiger partial charge in [0.2, 0.25) is 17.7 Å². The van der Waals surface area contributed by atoms with Crippen molar-refractivity contribution in [2.24, 2.45) is 5.41 Å². The fourth-order valence-electron chi connectivity index (χ4n) is 6.97. The van der Waals surface area contributed by atoms with E-state index in [1.54, 1.807) is 4.90 Å². The summed E-state index contributed by atoms with van der Waals surface area (Å²) < 4.78 is 0. The lowest BCUT2D eigenvalue weighted by molar-refractivity contribution is -0.146. The lowest BCUT2D eigenvalue weighted by Gasteiger charge is -2.44. The Morgan fingerprint density at radius 3 is 2.39 bits per heavy atom. The molecule has 1 unspecified atom stereocenters. The number of piperidine rings is 1. The molecule has 8 heteroatoms. The zero-order valence-corrected chi connectivity index (χ0v) is 23.3. The second-order valence-corrected chi connectivity index (χ2v) is 12.2. The van der Waals surface area contributed by atoms with Crippen molar-refractivity contribution in [3.63, 3.8) is 0 Å². The molecule has 8 nitrogen and oxygen atoms in total. The lowest BCUT2D eigenvalue weighted by atomic mass is 9.69. The maximum absolute atomic E-state index is 13.4. The van der Waals surface area contributed by atoms with Gasteiger partial charge in [-0.25, -0.2) is 0 Å². The van der Waals surface area contributed by atoms with Gasteiger partial charge in [-0.3, -0.25) is 29.4 Å². The van der Waals surface area contributed by atoms with Gasteiger partial charge in [0.25, 0.3) is 5.91 Å². The topological polar surface area (TPSA) is 90.0 Å². The Balaban J connectivity index is 1.07. The number of carbonyl (C=O) groups is 4. The number of piperazine rings is 1. The normalized spacial score (nSPS) is 21.7. The fourth-order valence-corrected chi connectivity index (χ4v) is 6.97. The van der Waals surface area contributed by atoms with Crippen LogP contribution < -0.4 is 15.1 Å². The Morgan fingerprint density at radius 2 is 1.71 bits per heavy atom. The number of imide groups is 1. The number of carbonyl (C=O) groups excluding carboxylic acids is 4. The number of nitrogens with zero attached hydrogens (tertiary/aromatic N) is 3. The number of amides is 4. The first-order chi connectivity index (χ1) is 19.8. The summed E-state index contributed by atoms with van der Waals surface area (Å²) in [6.07, 6.45) is 4.46. The Morgan fingerprint density at radius 1 is 0.951 bits per heavy atom. The fraction of sp³-hybridized carbons (Fsp3) is 0.394. The van der Waals surface area contributed by atoms with Crippen LogP contribution in [0.1, 0.15) is 60.5 Å². The van der Waals surface area contributed by atoms with Gasteiger partial charge in [-0.2, -0.15) is 0 Å². The van der Waals surface area contributed by atoms with Crippen molar-refractivity contribution in [3.8, 4) is 0 Å². The van der Waals surface area contributed by atoms with Crippen LogP contribution in [-0.4, -0.2) is 60.7 Å². The van der Waals surface area contributed by atoms with Gasteiger partial charge in [0.15, 0.2) is 0 Å². The highest BCUT2D eigenvalue weighted by molar-refractivity contribution is 6.27. The molecule has 1 N–H and O–H groups in total. The molecule has 0 bridgehead atoms. The monoisotopic (exact) mass is 550 g/mol. The predicted molar refractivity (Wildman–Crippen MR) is 157 cm³/mol. The van der Waals surface area contributed by atoms with Crippen LogP contribution in [0.4, 0.5) is 11.4 Å². The van der Waals surface area contributed by atoms with Gasteiger partial charge >= 0.3 is 0 Å². The zero-order valence-electron chi connectivity index (χ0n) is 23.3. The van der Waals surface area contributed by atoms with Crippen LogP contribution in [0.25, 0.3) is 10.8 Å². The summed E-state index contributed by atoms with van der Waals surface area (Å²) in [5.74, 6) is -0.575. The van der Waals surface area contributed by atoms with Crippen molar-refractivity contribution in [1.82, 2.24) is 10.2 Å². The maximum Gasteiger partial charge on any atom is 0.259 e. The minimum Gasteiger partial charge on any atom is -0.368 e. The standard InChI is InChI=1S/C33H34N4O4/c1-33(14-3-15-33)32(41)36-18-16-35(17-19-36)23-9-6-21(7-10-23)20-22-8-11-26-29-24(22)4-2-5-25(29)31(40)37(26)27-12-13-28(38)34-30(27)39/h2,4-11,27H,3,12-20H2,1H3,(H,34,38,39). The zero-order chi connectivity index (χ0) is 28.3. The molecule has 1 aliphatic carbocycles. The summed E-state index contributed by atoms with van der Waals surface area (Å²) in [5, 5.41) is 4.27. The SMILES string of the molecule is CC1(C(=O)N2CCN(c3ccc(Cc4ccc5c6c(cccc46)C(=O)N5C4CCC(=O)NC4=O)cc3)CC2)CCC1. The van der Waals surface area contributed by atoms with E-state index in [0.29, 0.717) is 24.3 Å². The van der Waals surface area contributed by atoms with E-state index in [1.165, 1.54) is 11.3 Å². The molecule has 3 aromatic rings. The highest BCUT2D eigenvalue weighted by atomic mass is 16.2. The van der Waals surface area contributed by atoms with Gasteiger partial charge in [-0.05, 0) is 66.5 Å². The van der Waals surface area contributed by atoms with Crippen LogP contribution in [0.15, 0.2) is 54.6 Å². The number of nitrogens with one attached hydrogen (secondary N) is 1. The van der Waals surface area contributed by atoms with Gasteiger partial charge in [-0.1, -0.05) is 43.7 Å². The van der Waals surface area contributed by atoms with Crippen molar-refractivity contribution >= 4 is 45.8 Å². The molecule has 3 aromatic carbocycles. The average Bonchev–Trinajstić information content (AvgIpc) is 3.25. The molecule has 3 heterocycles. The molecule has 3 aliphatic heterocycles. The molecule has 4 aliphatic rings. The summed E-state index contributed by atoms with van der Waals surface area (Å²) >= 11 is 0. The van der Waals surface area contributed by atoms with Gasteiger partial charge < -0.3 is 9.80 Å². The highest BCUT2D eigenvalue weighted by Crippen LogP contribution is 2.43. The summed E-state index contributed by atoms with van der Waals surface area (Å²) in [5.41, 5.74) is 4.66. The van der Waals surface area contributed by atoms with Crippen LogP contribution in [-0.2, 0) is 20.8 Å². The molecule has 41 heavy (non-hydrogen) atoms. The van der Waals surface area contributed by atoms with Crippen molar-refractivity contribution in [1.29, 1.82) is 0 Å². The first-order valence-electron chi connectivity index (χ1n) is 14.7. The third-order valence-electron chi connectivity index (χ3n) is 9.58. The van der Waals surface area contributed by atoms with Gasteiger partial charge in [0.1, 0.15) is 6.04 Å². The summed E-state index contributed by atoms with van der Waals surface area (Å²) in [7, 11) is 0. The molecule has 4 amide bonds. The first kappa shape index (κ1) is 25.7. The second-order valence-electron chi connectivity index (χ2n) is 12.2. The number of benzene rings is 3. The minimum absolute atomic E-state index is 0.136. The largest absolute Gasteiger partial charge is 0.368 e. The van der Waals surface area contributed by atoms with Crippen LogP contribution in [0.2, 0.25) is 0 Å². The molecule has 0 aromatic heterocycles. The van der Waals surface area contributed by atoms with Crippen LogP contribution in [0, 0.1) is 5.41 Å². The molecular weight excluding hydrogens is 516 g/mol. The third-order valence-corrected chi connectivity index (χ3v) is 9.58. The second kappa shape index (κ2) is 9.72. The Kier molecular flexibility index (Phi) is 6.10. The van der Waals surface area contributed by atoms with E-state index >= 15 is 0 Å². The van der Waals surface area contributed by atoms with Crippen LogP contribution in [0.3, 0.4) is 0 Å². The van der Waals surface area contributed by atoms with Crippen molar-refractivity contribution in [3.05, 3.63) is 71.3 Å². The van der Waals surface area contributed by atoms with Crippen LogP contribution in [0.5, 0.6) is 0 Å². The molecular formula is C33H34N4O4. The van der Waals surface area contributed by atoms with E-state index in [2.05, 4.69) is 41.4 Å². The molecule has 1 atom stereocenters. The molecule has 0 spiro atoms. The predicted octanol–water partition coefficient (Wildman–Crippen LogP) is 4.03. The number of hydrogen-bond donors (Lipinski definition) is 1. The molecule has 0 radical (unpaired) electrons. The van der Waals surface area contributed by atoms with E-state index in [-0.39, 0.29) is 23.7 Å². The van der Waals surface area contributed by atoms with E-state index in [4.69, 9.17) is 0 Å². The summed E-state index contributed by atoms with van der Waals surface area (Å²) in [6.45, 7) is 5.33. The van der Waals surface area contributed by atoms with E-state index in [0.717, 1.165) is 67.5 Å². The molecule has 1 saturated carbocycles. The average molecular weight is 551 g/mol. The first-order valence-corrected chi connectivity index (χ1v) is 14.7. The summed E-state index contributed by atoms with van der Waals surface area (Å²) in [6, 6.07) is 17.7. The molecule has 7 rings (SSSR count). The Hall–Kier alpha value is -4.20. The number of anilines is 2. The van der Waals surface area contributed by atoms with Crippen LogP contribution >= 0.6 is 0 Å². The lowest BCUT2D eigenvalue weighted by Crippen LogP contribution is -2.54. The Bertz CT molecular complexity index is 1580. The highest BCUT2D eigenvalue weighted by Gasteiger charge is 2.43. The van der Waals surface area contributed by atoms with E-state index in [9.17, 15) is 19.2 Å². The van der Waals surface area contributed by atoms with Crippen molar-refractivity contribution in [2.75, 3.05) is 36.0 Å². The van der Waals surface area contributed by atoms with Crippen molar-refractivity contribution < 1.29 is 19.2 Å². The minimum atomic E-state index is -0.685. The Labute approximate surface area is 239 Å². The molecule has 2 saturated heterocycles. The van der Waals surface area contributed by atoms with Gasteiger partial charge in [0, 0.05) is 54.7 Å². The van der Waals surface area contributed by atoms with Crippen molar-refractivity contribution in [2.45, 2.75) is 51.5 Å². The number of rotatable bonds is 5. The van der Waals surface area contributed by atoms with Gasteiger partial charge in [-0.15, -0.1) is 0 Å². The molecule has 3 fully saturated rings. The van der Waals surface area contributed by atoms with E-state index in [1.807, 2.05) is 35.2 Å². The smallest absolute Gasteiger partial charge is 0.259 e.